The molecule has 0 fully saturated rings. The molecule has 4 aromatic rings. The van der Waals surface area contributed by atoms with E-state index in [1.165, 1.54) is 6.07 Å². The quantitative estimate of drug-likeness (QED) is 0.244. The average Bonchev–Trinajstić information content (AvgIpc) is 2.84. The van der Waals surface area contributed by atoms with Gasteiger partial charge in [0.15, 0.2) is 0 Å². The Morgan fingerprint density at radius 1 is 0.588 bits per heavy atom. The lowest BCUT2D eigenvalue weighted by Gasteiger charge is -2.40. The van der Waals surface area contributed by atoms with Gasteiger partial charge in [-0.25, -0.2) is 0 Å². The number of benzene rings is 4. The van der Waals surface area contributed by atoms with Gasteiger partial charge in [-0.05, 0) is 58.8 Å². The molecule has 176 valence electrons. The van der Waals surface area contributed by atoms with Crippen molar-refractivity contribution in [3.05, 3.63) is 115 Å². The summed E-state index contributed by atoms with van der Waals surface area (Å²) in [6.07, 6.45) is 0. The molecule has 0 heterocycles. The molecule has 4 aromatic carbocycles. The molecule has 0 radical (unpaired) electrons. The van der Waals surface area contributed by atoms with E-state index in [9.17, 15) is 21.6 Å². The maximum atomic E-state index is 13.6. The highest BCUT2D eigenvalue weighted by Gasteiger charge is 2.53. The minimum absolute atomic E-state index is 0.170. The van der Waals surface area contributed by atoms with Crippen LogP contribution in [0.5, 0.6) is 11.5 Å². The minimum Gasteiger partial charge on any atom is -0.456 e. The Morgan fingerprint density at radius 3 is 1.53 bits per heavy atom. The molecule has 0 N–H and O–H groups in total. The molecule has 0 aliphatic carbocycles. The van der Waals surface area contributed by atoms with E-state index in [-0.39, 0.29) is 20.4 Å². The Labute approximate surface area is 197 Å². The van der Waals surface area contributed by atoms with Crippen LogP contribution < -0.4 is 4.74 Å². The van der Waals surface area contributed by atoms with Crippen molar-refractivity contribution in [3.63, 3.8) is 0 Å². The zero-order valence-corrected chi connectivity index (χ0v) is 19.2. The highest BCUT2D eigenvalue weighted by atomic mass is 32.3. The fourth-order valence-corrected chi connectivity index (χ4v) is 8.12. The Bertz CT molecular complexity index is 1310. The lowest BCUT2D eigenvalue weighted by Crippen LogP contribution is -2.27. The van der Waals surface area contributed by atoms with Crippen LogP contribution in [0.4, 0.5) is 13.2 Å². The van der Waals surface area contributed by atoms with Crippen LogP contribution in [0.2, 0.25) is 0 Å². The van der Waals surface area contributed by atoms with E-state index in [2.05, 4.69) is 0 Å². The standard InChI is InChI=1S/C25H19F3O4S2/c26-25(27,28)34(29,30)32-33(21-14-6-2-7-15-21,22-16-8-3-9-17-22)24-19-11-10-18-23(24)31-20-12-4-1-5-13-20/h1-19H. The normalized spacial score (nSPS) is 12.8. The van der Waals surface area contributed by atoms with Crippen LogP contribution in [0.15, 0.2) is 130 Å². The summed E-state index contributed by atoms with van der Waals surface area (Å²) in [6, 6.07) is 31.0. The number of para-hydroxylation sites is 2. The van der Waals surface area contributed by atoms with Gasteiger partial charge in [0.2, 0.25) is 0 Å². The van der Waals surface area contributed by atoms with Crippen LogP contribution in [0.3, 0.4) is 0 Å². The molecule has 0 aliphatic rings. The van der Waals surface area contributed by atoms with Gasteiger partial charge < -0.3 is 4.74 Å². The van der Waals surface area contributed by atoms with Crippen molar-refractivity contribution in [2.24, 2.45) is 0 Å². The summed E-state index contributed by atoms with van der Waals surface area (Å²) in [4.78, 5) is 0.695. The molecule has 0 saturated carbocycles. The lowest BCUT2D eigenvalue weighted by molar-refractivity contribution is -0.0496. The SMILES string of the molecule is O=S(=O)(OS(c1ccccc1)(c1ccccc1)c1ccccc1Oc1ccccc1)C(F)(F)F. The average molecular weight is 505 g/mol. The van der Waals surface area contributed by atoms with E-state index >= 15 is 0 Å². The third-order valence-electron chi connectivity index (χ3n) is 4.76. The predicted octanol–water partition coefficient (Wildman–Crippen LogP) is 7.54. The third-order valence-corrected chi connectivity index (χ3v) is 9.68. The van der Waals surface area contributed by atoms with Crippen molar-refractivity contribution in [3.8, 4) is 11.5 Å². The lowest BCUT2D eigenvalue weighted by atomic mass is 10.3. The summed E-state index contributed by atoms with van der Waals surface area (Å²) in [5.74, 6) is 0.608. The van der Waals surface area contributed by atoms with Gasteiger partial charge in [-0.2, -0.15) is 25.2 Å². The largest absolute Gasteiger partial charge is 0.524 e. The minimum atomic E-state index is -6.01. The fourth-order valence-electron chi connectivity index (χ4n) is 3.29. The van der Waals surface area contributed by atoms with Gasteiger partial charge in [-0.3, -0.25) is 0 Å². The molecule has 0 aromatic heterocycles. The second-order valence-electron chi connectivity index (χ2n) is 7.01. The molecule has 9 heteroatoms. The Kier molecular flexibility index (Phi) is 6.70. The summed E-state index contributed by atoms with van der Waals surface area (Å²) in [6.45, 7) is 0. The molecule has 0 saturated heterocycles. The Morgan fingerprint density at radius 2 is 1.03 bits per heavy atom. The first-order valence-corrected chi connectivity index (χ1v) is 13.0. The zero-order valence-electron chi connectivity index (χ0n) is 17.6. The maximum Gasteiger partial charge on any atom is 0.524 e. The second kappa shape index (κ2) is 9.54. The number of alkyl halides is 3. The number of halogens is 3. The number of hydrogen-bond acceptors (Lipinski definition) is 4. The van der Waals surface area contributed by atoms with Gasteiger partial charge in [0.05, 0.1) is 4.90 Å². The molecular formula is C25H19F3O4S2. The molecule has 0 bridgehead atoms. The van der Waals surface area contributed by atoms with E-state index < -0.39 is 25.9 Å². The van der Waals surface area contributed by atoms with Gasteiger partial charge in [-0.1, -0.05) is 66.7 Å². The fraction of sp³-hybridized carbons (Fsp3) is 0.0400. The van der Waals surface area contributed by atoms with Gasteiger partial charge in [0.1, 0.15) is 11.5 Å². The summed E-state index contributed by atoms with van der Waals surface area (Å²) < 4.78 is 77.2. The monoisotopic (exact) mass is 504 g/mol. The van der Waals surface area contributed by atoms with Crippen molar-refractivity contribution in [2.45, 2.75) is 20.2 Å². The zero-order chi connectivity index (χ0) is 24.2. The highest BCUT2D eigenvalue weighted by Crippen LogP contribution is 2.72. The molecule has 0 unspecified atom stereocenters. The first kappa shape index (κ1) is 23.9. The highest BCUT2D eigenvalue weighted by molar-refractivity contribution is 8.33. The van der Waals surface area contributed by atoms with Crippen molar-refractivity contribution in [1.29, 1.82) is 0 Å². The number of hydrogen-bond donors (Lipinski definition) is 0. The summed E-state index contributed by atoms with van der Waals surface area (Å²) in [5, 5.41) is 0. The van der Waals surface area contributed by atoms with Crippen LogP contribution in [0.25, 0.3) is 0 Å². The second-order valence-corrected chi connectivity index (χ2v) is 11.4. The van der Waals surface area contributed by atoms with Gasteiger partial charge in [-0.15, -0.1) is 0 Å². The molecule has 0 atom stereocenters. The van der Waals surface area contributed by atoms with E-state index in [1.807, 2.05) is 0 Å². The maximum absolute atomic E-state index is 13.6. The number of ether oxygens (including phenoxy) is 1. The molecule has 4 nitrogen and oxygen atoms in total. The van der Waals surface area contributed by atoms with E-state index in [0.717, 1.165) is 0 Å². The smallest absolute Gasteiger partial charge is 0.456 e. The first-order valence-electron chi connectivity index (χ1n) is 10.0. The van der Waals surface area contributed by atoms with Crippen molar-refractivity contribution in [2.75, 3.05) is 0 Å². The van der Waals surface area contributed by atoms with E-state index in [4.69, 9.17) is 8.37 Å². The molecule has 4 rings (SSSR count). The van der Waals surface area contributed by atoms with Crippen LogP contribution in [0.1, 0.15) is 0 Å². The third kappa shape index (κ3) is 4.68. The van der Waals surface area contributed by atoms with Crippen molar-refractivity contribution < 1.29 is 30.0 Å². The Hall–Kier alpha value is -3.27. The van der Waals surface area contributed by atoms with Gasteiger partial charge in [0.25, 0.3) is 0 Å². The van der Waals surface area contributed by atoms with Crippen LogP contribution >= 0.6 is 10.3 Å². The first-order chi connectivity index (χ1) is 16.2. The molecule has 0 aliphatic heterocycles. The topological polar surface area (TPSA) is 52.6 Å². The van der Waals surface area contributed by atoms with Gasteiger partial charge >= 0.3 is 15.6 Å². The number of rotatable bonds is 7. The Balaban J connectivity index is 2.05. The summed E-state index contributed by atoms with van der Waals surface area (Å²) in [7, 11) is -9.47. The molecule has 0 spiro atoms. The van der Waals surface area contributed by atoms with Crippen molar-refractivity contribution in [1.82, 2.24) is 0 Å². The van der Waals surface area contributed by atoms with E-state index in [0.29, 0.717) is 5.75 Å². The van der Waals surface area contributed by atoms with Crippen LogP contribution in [0, 0.1) is 0 Å². The van der Waals surface area contributed by atoms with E-state index in [1.54, 1.807) is 109 Å². The van der Waals surface area contributed by atoms with Crippen molar-refractivity contribution >= 4 is 20.4 Å². The predicted molar refractivity (Wildman–Crippen MR) is 124 cm³/mol. The molecular weight excluding hydrogens is 485 g/mol. The van der Waals surface area contributed by atoms with Crippen LogP contribution in [-0.2, 0) is 13.7 Å². The summed E-state index contributed by atoms with van der Waals surface area (Å²) >= 11 is 0. The molecule has 34 heavy (non-hydrogen) atoms. The molecule has 0 amide bonds. The summed E-state index contributed by atoms with van der Waals surface area (Å²) in [5.41, 5.74) is -5.62. The van der Waals surface area contributed by atoms with Crippen LogP contribution in [-0.4, -0.2) is 13.9 Å². The van der Waals surface area contributed by atoms with Gasteiger partial charge in [0, 0.05) is 9.79 Å².